The van der Waals surface area contributed by atoms with Gasteiger partial charge in [-0.15, -0.1) is 0 Å². The molecule has 18 heavy (non-hydrogen) atoms. The smallest absolute Gasteiger partial charge is 0.469 e. The molecule has 1 aromatic carbocycles. The van der Waals surface area contributed by atoms with Gasteiger partial charge in [0, 0.05) is 6.42 Å². The Labute approximate surface area is 152 Å². The molecule has 0 aliphatic heterocycles. The SMILES string of the molecule is COC(=O)CC1CCC(c2cc[c-]cc2)CC1.[K+]. The van der Waals surface area contributed by atoms with Gasteiger partial charge in [-0.2, -0.15) is 35.9 Å². The van der Waals surface area contributed by atoms with Gasteiger partial charge in [-0.1, -0.05) is 0 Å². The summed E-state index contributed by atoms with van der Waals surface area (Å²) in [6, 6.07) is 11.3. The van der Waals surface area contributed by atoms with Crippen LogP contribution in [0.5, 0.6) is 0 Å². The fraction of sp³-hybridized carbons (Fsp3) is 0.533. The number of esters is 1. The third-order valence-electron chi connectivity index (χ3n) is 3.75. The van der Waals surface area contributed by atoms with Crippen LogP contribution in [-0.4, -0.2) is 13.1 Å². The van der Waals surface area contributed by atoms with Crippen LogP contribution in [0, 0.1) is 12.0 Å². The minimum Gasteiger partial charge on any atom is -0.469 e. The Morgan fingerprint density at radius 1 is 1.28 bits per heavy atom. The van der Waals surface area contributed by atoms with E-state index in [2.05, 4.69) is 18.2 Å². The molecule has 0 unspecified atom stereocenters. The van der Waals surface area contributed by atoms with Crippen LogP contribution in [0.1, 0.15) is 43.6 Å². The quantitative estimate of drug-likeness (QED) is 0.449. The molecule has 1 aliphatic rings. The molecule has 0 aromatic heterocycles. The minimum absolute atomic E-state index is 0. The topological polar surface area (TPSA) is 26.3 Å². The average molecular weight is 270 g/mol. The van der Waals surface area contributed by atoms with Gasteiger partial charge < -0.3 is 4.74 Å². The fourth-order valence-corrected chi connectivity index (χ4v) is 2.69. The van der Waals surface area contributed by atoms with Gasteiger partial charge in [0.2, 0.25) is 0 Å². The van der Waals surface area contributed by atoms with Gasteiger partial charge in [-0.25, -0.2) is 0 Å². The third-order valence-corrected chi connectivity index (χ3v) is 3.75. The number of methoxy groups -OCH3 is 1. The van der Waals surface area contributed by atoms with Crippen molar-refractivity contribution in [2.75, 3.05) is 7.11 Å². The van der Waals surface area contributed by atoms with E-state index in [1.807, 2.05) is 12.1 Å². The van der Waals surface area contributed by atoms with E-state index in [9.17, 15) is 4.79 Å². The second-order valence-corrected chi connectivity index (χ2v) is 4.83. The molecule has 2 nitrogen and oxygen atoms in total. The summed E-state index contributed by atoms with van der Waals surface area (Å²) < 4.78 is 4.72. The molecule has 1 aromatic rings. The first-order valence-electron chi connectivity index (χ1n) is 6.32. The standard InChI is InChI=1S/C15H19O2.K/c1-17-15(16)11-12-7-9-14(10-8-12)13-5-3-2-4-6-13;/h3-6,12,14H,7-11H2,1H3;/q-1;+1. The van der Waals surface area contributed by atoms with E-state index in [1.165, 1.54) is 25.5 Å². The monoisotopic (exact) mass is 270 g/mol. The van der Waals surface area contributed by atoms with Crippen molar-refractivity contribution in [2.24, 2.45) is 5.92 Å². The van der Waals surface area contributed by atoms with Gasteiger partial charge in [0.25, 0.3) is 0 Å². The molecule has 0 heterocycles. The molecule has 0 spiro atoms. The van der Waals surface area contributed by atoms with Gasteiger partial charge >= 0.3 is 57.4 Å². The maximum atomic E-state index is 11.2. The molecule has 0 atom stereocenters. The molecule has 1 saturated carbocycles. The van der Waals surface area contributed by atoms with Crippen LogP contribution in [0.25, 0.3) is 0 Å². The van der Waals surface area contributed by atoms with Crippen LogP contribution in [0.2, 0.25) is 0 Å². The van der Waals surface area contributed by atoms with E-state index >= 15 is 0 Å². The summed E-state index contributed by atoms with van der Waals surface area (Å²) in [7, 11) is 1.47. The molecule has 92 valence electrons. The molecular formula is C15H19KO2. The van der Waals surface area contributed by atoms with Crippen LogP contribution in [0.15, 0.2) is 24.3 Å². The number of rotatable bonds is 3. The van der Waals surface area contributed by atoms with Crippen molar-refractivity contribution in [1.29, 1.82) is 0 Å². The summed E-state index contributed by atoms with van der Waals surface area (Å²) in [5.41, 5.74) is 1.42. The zero-order valence-corrected chi connectivity index (χ0v) is 14.4. The second kappa shape index (κ2) is 8.49. The average Bonchev–Trinajstić information content (AvgIpc) is 2.40. The number of hydrogen-bond acceptors (Lipinski definition) is 2. The van der Waals surface area contributed by atoms with Crippen molar-refractivity contribution >= 4 is 5.97 Å². The number of carbonyl (C=O) groups excluding carboxylic acids is 1. The predicted octanol–water partition coefficient (Wildman–Crippen LogP) is 0.328. The van der Waals surface area contributed by atoms with E-state index in [4.69, 9.17) is 4.74 Å². The largest absolute Gasteiger partial charge is 1.00 e. The Hall–Kier alpha value is 0.326. The molecule has 0 radical (unpaired) electrons. The van der Waals surface area contributed by atoms with Gasteiger partial charge in [0.05, 0.1) is 7.11 Å². The zero-order valence-electron chi connectivity index (χ0n) is 11.3. The number of ether oxygens (including phenoxy) is 1. The van der Waals surface area contributed by atoms with Crippen molar-refractivity contribution < 1.29 is 60.9 Å². The van der Waals surface area contributed by atoms with Crippen LogP contribution in [0.3, 0.4) is 0 Å². The molecule has 0 amide bonds. The Morgan fingerprint density at radius 3 is 2.44 bits per heavy atom. The zero-order chi connectivity index (χ0) is 12.1. The minimum atomic E-state index is -0.0669. The van der Waals surface area contributed by atoms with E-state index in [-0.39, 0.29) is 57.4 Å². The van der Waals surface area contributed by atoms with Crippen LogP contribution in [0.4, 0.5) is 0 Å². The van der Waals surface area contributed by atoms with Crippen molar-refractivity contribution in [3.8, 4) is 0 Å². The van der Waals surface area contributed by atoms with Crippen molar-refractivity contribution in [1.82, 2.24) is 0 Å². The Balaban J connectivity index is 0.00000162. The second-order valence-electron chi connectivity index (χ2n) is 4.83. The van der Waals surface area contributed by atoms with Crippen LogP contribution >= 0.6 is 0 Å². The van der Waals surface area contributed by atoms with E-state index in [0.29, 0.717) is 18.3 Å². The molecule has 1 aliphatic carbocycles. The number of benzene rings is 1. The van der Waals surface area contributed by atoms with Crippen molar-refractivity contribution in [3.05, 3.63) is 35.9 Å². The normalized spacial score (nSPS) is 22.9. The molecule has 0 N–H and O–H groups in total. The van der Waals surface area contributed by atoms with E-state index in [0.717, 1.165) is 12.8 Å². The predicted molar refractivity (Wildman–Crippen MR) is 66.6 cm³/mol. The van der Waals surface area contributed by atoms with Gasteiger partial charge in [-0.05, 0) is 37.5 Å². The van der Waals surface area contributed by atoms with Gasteiger partial charge in [0.1, 0.15) is 0 Å². The van der Waals surface area contributed by atoms with Gasteiger partial charge in [0.15, 0.2) is 0 Å². The van der Waals surface area contributed by atoms with Crippen LogP contribution < -0.4 is 51.4 Å². The Kier molecular flexibility index (Phi) is 7.72. The Morgan fingerprint density at radius 2 is 1.89 bits per heavy atom. The van der Waals surface area contributed by atoms with Crippen LogP contribution in [-0.2, 0) is 9.53 Å². The first-order valence-corrected chi connectivity index (χ1v) is 6.32. The summed E-state index contributed by atoms with van der Waals surface area (Å²) in [6.07, 6.45) is 5.24. The summed E-state index contributed by atoms with van der Waals surface area (Å²) >= 11 is 0. The first-order chi connectivity index (χ1) is 8.29. The summed E-state index contributed by atoms with van der Waals surface area (Å²) in [5.74, 6) is 1.12. The summed E-state index contributed by atoms with van der Waals surface area (Å²) in [6.45, 7) is 0. The fourth-order valence-electron chi connectivity index (χ4n) is 2.69. The maximum Gasteiger partial charge on any atom is 1.00 e. The number of carbonyl (C=O) groups is 1. The molecule has 0 saturated heterocycles. The summed E-state index contributed by atoms with van der Waals surface area (Å²) in [4.78, 5) is 11.2. The van der Waals surface area contributed by atoms with E-state index in [1.54, 1.807) is 0 Å². The van der Waals surface area contributed by atoms with Crippen molar-refractivity contribution in [3.63, 3.8) is 0 Å². The molecule has 1 fully saturated rings. The first kappa shape index (κ1) is 16.4. The van der Waals surface area contributed by atoms with E-state index < -0.39 is 0 Å². The maximum absolute atomic E-state index is 11.2. The Bertz CT molecular complexity index is 356. The third kappa shape index (κ3) is 4.78. The molecular weight excluding hydrogens is 251 g/mol. The molecule has 0 bridgehead atoms. The van der Waals surface area contributed by atoms with Gasteiger partial charge in [-0.3, -0.25) is 4.79 Å². The molecule has 2 rings (SSSR count). The molecule has 3 heteroatoms. The van der Waals surface area contributed by atoms with Crippen molar-refractivity contribution in [2.45, 2.75) is 38.0 Å². The summed E-state index contributed by atoms with van der Waals surface area (Å²) in [5, 5.41) is 0. The number of hydrogen-bond donors (Lipinski definition) is 0.